The first-order valence-corrected chi connectivity index (χ1v) is 6.34. The third kappa shape index (κ3) is 2.29. The van der Waals surface area contributed by atoms with Crippen LogP contribution in [0.3, 0.4) is 0 Å². The number of nitrogens with one attached hydrogen (secondary N) is 1. The molecule has 2 rings (SSSR count). The molecule has 1 N–H and O–H groups in total. The molecule has 114 valence electrons. The van der Waals surface area contributed by atoms with E-state index in [0.29, 0.717) is 0 Å². The third-order valence-corrected chi connectivity index (χ3v) is 3.66. The molecule has 0 saturated carbocycles. The van der Waals surface area contributed by atoms with Gasteiger partial charge in [0.15, 0.2) is 18.5 Å². The molecule has 0 spiro atoms. The van der Waals surface area contributed by atoms with E-state index in [9.17, 15) is 9.59 Å². The summed E-state index contributed by atoms with van der Waals surface area (Å²) in [5, 5.41) is 2.39. The Hall–Kier alpha value is -1.54. The zero-order valence-electron chi connectivity index (χ0n) is 12.2. The maximum Gasteiger partial charge on any atom is 0.410 e. The third-order valence-electron chi connectivity index (χ3n) is 3.66. The van der Waals surface area contributed by atoms with Crippen LogP contribution in [0.25, 0.3) is 0 Å². The largest absolute Gasteiger partial charge is 0.440 e. The van der Waals surface area contributed by atoms with Crippen LogP contribution >= 0.6 is 0 Å². The number of hydrogen-bond acceptors (Lipinski definition) is 6. The molecule has 2 aliphatic rings. The summed E-state index contributed by atoms with van der Waals surface area (Å²) in [7, 11) is 4.50. The zero-order chi connectivity index (χ0) is 15.1. The van der Waals surface area contributed by atoms with Crippen LogP contribution in [0, 0.1) is 0 Å². The first-order valence-electron chi connectivity index (χ1n) is 6.34. The van der Waals surface area contributed by atoms with Crippen LogP contribution in [-0.2, 0) is 18.9 Å². The van der Waals surface area contributed by atoms with Crippen molar-refractivity contribution in [3.05, 3.63) is 0 Å². The number of ether oxygens (including phenoxy) is 4. The molecule has 0 aromatic heterocycles. The fourth-order valence-corrected chi connectivity index (χ4v) is 2.79. The minimum atomic E-state index is -0.793. The van der Waals surface area contributed by atoms with E-state index in [1.54, 1.807) is 7.05 Å². The van der Waals surface area contributed by atoms with Crippen molar-refractivity contribution in [1.29, 1.82) is 0 Å². The highest BCUT2D eigenvalue weighted by Gasteiger charge is 2.59. The molecule has 2 bridgehead atoms. The van der Waals surface area contributed by atoms with Gasteiger partial charge in [-0.2, -0.15) is 0 Å². The van der Waals surface area contributed by atoms with Gasteiger partial charge >= 0.3 is 12.2 Å². The minimum absolute atomic E-state index is 0.461. The Labute approximate surface area is 117 Å². The molecule has 0 radical (unpaired) electrons. The second-order valence-corrected chi connectivity index (χ2v) is 5.35. The molecule has 0 unspecified atom stereocenters. The van der Waals surface area contributed by atoms with Gasteiger partial charge in [-0.15, -0.1) is 0 Å². The Balaban J connectivity index is 2.36. The molecule has 2 fully saturated rings. The van der Waals surface area contributed by atoms with Gasteiger partial charge in [0.1, 0.15) is 6.04 Å². The predicted molar refractivity (Wildman–Crippen MR) is 67.1 cm³/mol. The molecule has 20 heavy (non-hydrogen) atoms. The van der Waals surface area contributed by atoms with Gasteiger partial charge in [0, 0.05) is 21.2 Å². The van der Waals surface area contributed by atoms with Gasteiger partial charge in [0.25, 0.3) is 0 Å². The van der Waals surface area contributed by atoms with Crippen molar-refractivity contribution < 1.29 is 28.5 Å². The first kappa shape index (κ1) is 14.9. The molecule has 4 atom stereocenters. The molecule has 0 aromatic rings. The lowest BCUT2D eigenvalue weighted by Gasteiger charge is -2.54. The number of likely N-dealkylation sites (N-methyl/N-ethyl adjacent to an activating group) is 1. The fraction of sp³-hybridized carbons (Fsp3) is 0.833. The maximum absolute atomic E-state index is 11.9. The van der Waals surface area contributed by atoms with Gasteiger partial charge in [0.05, 0.1) is 5.60 Å². The summed E-state index contributed by atoms with van der Waals surface area (Å²) in [4.78, 5) is 24.8. The molecule has 8 heteroatoms. The van der Waals surface area contributed by atoms with Gasteiger partial charge < -0.3 is 29.2 Å². The van der Waals surface area contributed by atoms with Crippen LogP contribution in [0.4, 0.5) is 9.59 Å². The molecular formula is C12H20N2O6. The molecule has 2 amide bonds. The number of carbonyl (C=O) groups is 2. The van der Waals surface area contributed by atoms with Crippen molar-refractivity contribution in [2.24, 2.45) is 0 Å². The molecule has 2 heterocycles. The fourth-order valence-electron chi connectivity index (χ4n) is 2.79. The lowest BCUT2D eigenvalue weighted by Crippen LogP contribution is -2.73. The van der Waals surface area contributed by atoms with Gasteiger partial charge in [0.2, 0.25) is 0 Å². The van der Waals surface area contributed by atoms with E-state index in [1.807, 2.05) is 13.8 Å². The van der Waals surface area contributed by atoms with Gasteiger partial charge in [-0.25, -0.2) is 9.59 Å². The van der Waals surface area contributed by atoms with E-state index >= 15 is 0 Å². The number of nitrogens with zero attached hydrogens (tertiary/aromatic N) is 1. The lowest BCUT2D eigenvalue weighted by molar-refractivity contribution is -0.316. The number of rotatable bonds is 2. The number of hydrogen-bond donors (Lipinski definition) is 1. The van der Waals surface area contributed by atoms with Gasteiger partial charge in [-0.1, -0.05) is 0 Å². The molecular weight excluding hydrogens is 268 g/mol. The predicted octanol–water partition coefficient (Wildman–Crippen LogP) is 0.312. The Morgan fingerprint density at radius 1 is 1.45 bits per heavy atom. The average molecular weight is 288 g/mol. The van der Waals surface area contributed by atoms with E-state index in [2.05, 4.69) is 5.32 Å². The van der Waals surface area contributed by atoms with Crippen LogP contribution in [-0.4, -0.2) is 68.4 Å². The summed E-state index contributed by atoms with van der Waals surface area (Å²) >= 11 is 0. The number of amides is 2. The Kier molecular flexibility index (Phi) is 3.79. The van der Waals surface area contributed by atoms with Gasteiger partial charge in [-0.05, 0) is 13.8 Å². The monoisotopic (exact) mass is 288 g/mol. The van der Waals surface area contributed by atoms with Crippen LogP contribution < -0.4 is 5.32 Å². The van der Waals surface area contributed by atoms with Gasteiger partial charge in [-0.3, -0.25) is 0 Å². The second kappa shape index (κ2) is 5.10. The van der Waals surface area contributed by atoms with Crippen molar-refractivity contribution in [1.82, 2.24) is 10.2 Å². The first-order chi connectivity index (χ1) is 9.31. The summed E-state index contributed by atoms with van der Waals surface area (Å²) in [6.07, 6.45) is -3.34. The number of carbonyl (C=O) groups excluding carboxylic acids is 2. The SMILES string of the molecule is CNC(=O)O[C@H]1[C@H]2OC(=O)N(C)[C@@H]1C(C)(C)O[C@H]2OC. The molecule has 2 aliphatic heterocycles. The Morgan fingerprint density at radius 2 is 2.10 bits per heavy atom. The summed E-state index contributed by atoms with van der Waals surface area (Å²) in [5.41, 5.74) is -0.746. The molecule has 8 nitrogen and oxygen atoms in total. The molecule has 0 aliphatic carbocycles. The van der Waals surface area contributed by atoms with E-state index in [1.165, 1.54) is 19.1 Å². The zero-order valence-corrected chi connectivity index (χ0v) is 12.2. The van der Waals surface area contributed by atoms with Crippen LogP contribution in [0.2, 0.25) is 0 Å². The van der Waals surface area contributed by atoms with Crippen LogP contribution in [0.1, 0.15) is 13.8 Å². The van der Waals surface area contributed by atoms with Crippen molar-refractivity contribution in [3.63, 3.8) is 0 Å². The highest BCUT2D eigenvalue weighted by Crippen LogP contribution is 2.39. The van der Waals surface area contributed by atoms with Crippen LogP contribution in [0.15, 0.2) is 0 Å². The highest BCUT2D eigenvalue weighted by molar-refractivity contribution is 5.71. The summed E-state index contributed by atoms with van der Waals surface area (Å²) in [5.74, 6) is 0. The van der Waals surface area contributed by atoms with Crippen molar-refractivity contribution >= 4 is 12.2 Å². The highest BCUT2D eigenvalue weighted by atomic mass is 16.7. The number of methoxy groups -OCH3 is 1. The summed E-state index contributed by atoms with van der Waals surface area (Å²) in [6.45, 7) is 3.63. The van der Waals surface area contributed by atoms with E-state index in [0.717, 1.165) is 0 Å². The normalized spacial score (nSPS) is 35.2. The van der Waals surface area contributed by atoms with Crippen molar-refractivity contribution in [2.45, 2.75) is 44.0 Å². The average Bonchev–Trinajstić information content (AvgIpc) is 2.38. The second-order valence-electron chi connectivity index (χ2n) is 5.35. The Bertz CT molecular complexity index is 413. The standard InChI is InChI=1S/C12H20N2O6/c1-12(2)8-6(18-10(15)13-3)7(9(17-5)20-12)19-11(16)14(8)4/h6-9H,1-5H3,(H,13,15)/t6-,7+,8-,9+/m0/s1. The number of alkyl carbamates (subject to hydrolysis) is 1. The summed E-state index contributed by atoms with van der Waals surface area (Å²) in [6, 6.07) is -0.461. The van der Waals surface area contributed by atoms with Crippen molar-refractivity contribution in [2.75, 3.05) is 21.2 Å². The topological polar surface area (TPSA) is 86.3 Å². The minimum Gasteiger partial charge on any atom is -0.440 e. The summed E-state index contributed by atoms with van der Waals surface area (Å²) < 4.78 is 21.6. The Morgan fingerprint density at radius 3 is 2.65 bits per heavy atom. The van der Waals surface area contributed by atoms with E-state index in [4.69, 9.17) is 18.9 Å². The number of fused-ring (bicyclic) bond motifs is 2. The smallest absolute Gasteiger partial charge is 0.410 e. The van der Waals surface area contributed by atoms with E-state index in [-0.39, 0.29) is 0 Å². The van der Waals surface area contributed by atoms with E-state index < -0.39 is 42.3 Å². The maximum atomic E-state index is 11.9. The lowest BCUT2D eigenvalue weighted by atomic mass is 9.85. The quantitative estimate of drug-likeness (QED) is 0.787. The molecule has 2 saturated heterocycles. The van der Waals surface area contributed by atoms with Crippen LogP contribution in [0.5, 0.6) is 0 Å². The molecule has 0 aromatic carbocycles. The van der Waals surface area contributed by atoms with Crippen molar-refractivity contribution in [3.8, 4) is 0 Å².